The van der Waals surface area contributed by atoms with Crippen molar-refractivity contribution in [1.82, 2.24) is 4.98 Å². The molecule has 1 atom stereocenters. The molecule has 0 aliphatic carbocycles. The largest absolute Gasteiger partial charge is 0.356 e. The molecule has 2 nitrogen and oxygen atoms in total. The first kappa shape index (κ1) is 11.4. The number of rotatable bonds is 2. The normalized spacial score (nSPS) is 25.8. The van der Waals surface area contributed by atoms with Gasteiger partial charge in [0.2, 0.25) is 0 Å². The predicted octanol–water partition coefficient (Wildman–Crippen LogP) is 3.41. The fraction of sp³-hybridized carbons (Fsp3) is 0.643. The lowest BCUT2D eigenvalue weighted by Crippen LogP contribution is -2.41. The Morgan fingerprint density at radius 2 is 2.25 bits per heavy atom. The van der Waals surface area contributed by atoms with E-state index in [-0.39, 0.29) is 0 Å². The van der Waals surface area contributed by atoms with Gasteiger partial charge in [0.25, 0.3) is 0 Å². The summed E-state index contributed by atoms with van der Waals surface area (Å²) in [6, 6.07) is 6.30. The van der Waals surface area contributed by atoms with Crippen LogP contribution in [0.4, 0.5) is 5.82 Å². The van der Waals surface area contributed by atoms with Crippen LogP contribution in [0.1, 0.15) is 38.8 Å². The summed E-state index contributed by atoms with van der Waals surface area (Å²) in [6.07, 6.45) is 3.90. The Hall–Kier alpha value is -1.05. The molecule has 1 aliphatic rings. The van der Waals surface area contributed by atoms with Gasteiger partial charge in [-0.25, -0.2) is 4.98 Å². The Kier molecular flexibility index (Phi) is 3.17. The van der Waals surface area contributed by atoms with Gasteiger partial charge in [-0.2, -0.15) is 0 Å². The zero-order valence-electron chi connectivity index (χ0n) is 10.7. The van der Waals surface area contributed by atoms with Crippen molar-refractivity contribution in [3.05, 3.63) is 23.9 Å². The summed E-state index contributed by atoms with van der Waals surface area (Å²) >= 11 is 0. The van der Waals surface area contributed by atoms with Crippen LogP contribution in [0.3, 0.4) is 0 Å². The topological polar surface area (TPSA) is 16.1 Å². The molecule has 0 bridgehead atoms. The molecule has 88 valence electrons. The first-order valence-corrected chi connectivity index (χ1v) is 6.32. The SMILES string of the molecule is CCC1(C)CCCN(c2cccc(C)n2)C1. The number of aryl methyl sites for hydroxylation is 1. The van der Waals surface area contributed by atoms with Crippen LogP contribution in [0.5, 0.6) is 0 Å². The van der Waals surface area contributed by atoms with E-state index in [0.717, 1.165) is 24.6 Å². The van der Waals surface area contributed by atoms with E-state index in [1.165, 1.54) is 19.3 Å². The predicted molar refractivity (Wildman–Crippen MR) is 68.8 cm³/mol. The lowest BCUT2D eigenvalue weighted by molar-refractivity contribution is 0.251. The smallest absolute Gasteiger partial charge is 0.128 e. The summed E-state index contributed by atoms with van der Waals surface area (Å²) in [4.78, 5) is 7.07. The number of anilines is 1. The first-order valence-electron chi connectivity index (χ1n) is 6.32. The van der Waals surface area contributed by atoms with Gasteiger partial charge < -0.3 is 4.90 Å². The van der Waals surface area contributed by atoms with Gasteiger partial charge in [0.15, 0.2) is 0 Å². The highest BCUT2D eigenvalue weighted by Gasteiger charge is 2.29. The molecule has 0 amide bonds. The number of nitrogens with zero attached hydrogens (tertiary/aromatic N) is 2. The van der Waals surface area contributed by atoms with Crippen molar-refractivity contribution in [3.8, 4) is 0 Å². The maximum Gasteiger partial charge on any atom is 0.128 e. The molecule has 1 fully saturated rings. The van der Waals surface area contributed by atoms with Crippen molar-refractivity contribution in [1.29, 1.82) is 0 Å². The molecule has 1 aromatic heterocycles. The van der Waals surface area contributed by atoms with Crippen molar-refractivity contribution >= 4 is 5.82 Å². The highest BCUT2D eigenvalue weighted by molar-refractivity contribution is 5.40. The molecule has 1 unspecified atom stereocenters. The van der Waals surface area contributed by atoms with E-state index in [1.54, 1.807) is 0 Å². The Bertz CT molecular complexity index is 362. The molecule has 2 rings (SSSR count). The molecule has 1 aromatic rings. The van der Waals surface area contributed by atoms with Gasteiger partial charge in [-0.15, -0.1) is 0 Å². The van der Waals surface area contributed by atoms with E-state index >= 15 is 0 Å². The van der Waals surface area contributed by atoms with Crippen molar-refractivity contribution in [2.45, 2.75) is 40.0 Å². The Labute approximate surface area is 98.7 Å². The zero-order chi connectivity index (χ0) is 11.6. The summed E-state index contributed by atoms with van der Waals surface area (Å²) < 4.78 is 0. The highest BCUT2D eigenvalue weighted by atomic mass is 15.2. The maximum atomic E-state index is 4.62. The molecule has 2 heterocycles. The number of hydrogen-bond donors (Lipinski definition) is 0. The highest BCUT2D eigenvalue weighted by Crippen LogP contribution is 2.34. The third kappa shape index (κ3) is 2.37. The second kappa shape index (κ2) is 4.44. The minimum Gasteiger partial charge on any atom is -0.356 e. The van der Waals surface area contributed by atoms with Gasteiger partial charge in [0.05, 0.1) is 0 Å². The average Bonchev–Trinajstić information content (AvgIpc) is 2.29. The number of piperidine rings is 1. The van der Waals surface area contributed by atoms with Crippen LogP contribution in [0.25, 0.3) is 0 Å². The third-order valence-electron chi connectivity index (χ3n) is 3.83. The standard InChI is InChI=1S/C14H22N2/c1-4-14(3)9-6-10-16(11-14)13-8-5-7-12(2)15-13/h5,7-8H,4,6,9-11H2,1-3H3. The Morgan fingerprint density at radius 1 is 1.44 bits per heavy atom. The van der Waals surface area contributed by atoms with E-state index in [1.807, 2.05) is 0 Å². The van der Waals surface area contributed by atoms with Crippen LogP contribution < -0.4 is 4.90 Å². The van der Waals surface area contributed by atoms with E-state index < -0.39 is 0 Å². The third-order valence-corrected chi connectivity index (χ3v) is 3.83. The summed E-state index contributed by atoms with van der Waals surface area (Å²) in [5, 5.41) is 0. The lowest BCUT2D eigenvalue weighted by Gasteiger charge is -2.40. The fourth-order valence-electron chi connectivity index (χ4n) is 2.50. The quantitative estimate of drug-likeness (QED) is 0.756. The minimum atomic E-state index is 0.476. The zero-order valence-corrected chi connectivity index (χ0v) is 10.7. The Balaban J connectivity index is 2.16. The van der Waals surface area contributed by atoms with Crippen LogP contribution in [0.2, 0.25) is 0 Å². The molecule has 0 aromatic carbocycles. The molecular formula is C14H22N2. The average molecular weight is 218 g/mol. The molecule has 2 heteroatoms. The van der Waals surface area contributed by atoms with Crippen molar-refractivity contribution in [2.75, 3.05) is 18.0 Å². The lowest BCUT2D eigenvalue weighted by atomic mass is 9.80. The van der Waals surface area contributed by atoms with Gasteiger partial charge in [-0.3, -0.25) is 0 Å². The Morgan fingerprint density at radius 3 is 2.94 bits per heavy atom. The first-order chi connectivity index (χ1) is 7.63. The molecule has 1 saturated heterocycles. The number of aromatic nitrogens is 1. The summed E-state index contributed by atoms with van der Waals surface area (Å²) in [5.74, 6) is 1.15. The minimum absolute atomic E-state index is 0.476. The van der Waals surface area contributed by atoms with E-state index in [2.05, 4.69) is 48.9 Å². The van der Waals surface area contributed by atoms with Gasteiger partial charge in [-0.05, 0) is 43.7 Å². The molecular weight excluding hydrogens is 196 g/mol. The van der Waals surface area contributed by atoms with E-state index in [4.69, 9.17) is 0 Å². The monoisotopic (exact) mass is 218 g/mol. The second-order valence-electron chi connectivity index (χ2n) is 5.33. The van der Waals surface area contributed by atoms with Crippen molar-refractivity contribution < 1.29 is 0 Å². The molecule has 1 aliphatic heterocycles. The van der Waals surface area contributed by atoms with Crippen LogP contribution in [0, 0.1) is 12.3 Å². The number of hydrogen-bond acceptors (Lipinski definition) is 2. The molecule has 0 spiro atoms. The number of pyridine rings is 1. The van der Waals surface area contributed by atoms with Crippen molar-refractivity contribution in [2.24, 2.45) is 5.41 Å². The van der Waals surface area contributed by atoms with Crippen LogP contribution in [-0.4, -0.2) is 18.1 Å². The van der Waals surface area contributed by atoms with E-state index in [9.17, 15) is 0 Å². The molecule has 16 heavy (non-hydrogen) atoms. The van der Waals surface area contributed by atoms with Crippen LogP contribution >= 0.6 is 0 Å². The molecule has 0 saturated carbocycles. The summed E-state index contributed by atoms with van der Waals surface area (Å²) in [5.41, 5.74) is 1.59. The summed E-state index contributed by atoms with van der Waals surface area (Å²) in [6.45, 7) is 9.07. The maximum absolute atomic E-state index is 4.62. The summed E-state index contributed by atoms with van der Waals surface area (Å²) in [7, 11) is 0. The second-order valence-corrected chi connectivity index (χ2v) is 5.33. The van der Waals surface area contributed by atoms with Gasteiger partial charge >= 0.3 is 0 Å². The van der Waals surface area contributed by atoms with Crippen molar-refractivity contribution in [3.63, 3.8) is 0 Å². The van der Waals surface area contributed by atoms with Gasteiger partial charge in [0, 0.05) is 18.8 Å². The van der Waals surface area contributed by atoms with Gasteiger partial charge in [-0.1, -0.05) is 19.9 Å². The van der Waals surface area contributed by atoms with Gasteiger partial charge in [0.1, 0.15) is 5.82 Å². The fourth-order valence-corrected chi connectivity index (χ4v) is 2.50. The molecule has 0 radical (unpaired) electrons. The van der Waals surface area contributed by atoms with E-state index in [0.29, 0.717) is 5.41 Å². The molecule has 0 N–H and O–H groups in total. The van der Waals surface area contributed by atoms with Crippen LogP contribution in [-0.2, 0) is 0 Å². The van der Waals surface area contributed by atoms with Crippen LogP contribution in [0.15, 0.2) is 18.2 Å².